The first-order valence-corrected chi connectivity index (χ1v) is 11.7. The van der Waals surface area contributed by atoms with Crippen molar-refractivity contribution in [2.75, 3.05) is 11.6 Å². The van der Waals surface area contributed by atoms with E-state index in [1.807, 2.05) is 54.1 Å². The van der Waals surface area contributed by atoms with Gasteiger partial charge in [-0.25, -0.2) is 4.79 Å². The summed E-state index contributed by atoms with van der Waals surface area (Å²) in [6, 6.07) is 14.6. The molecule has 2 aromatic carbocycles. The van der Waals surface area contributed by atoms with E-state index in [-0.39, 0.29) is 5.91 Å². The maximum atomic E-state index is 12.6. The van der Waals surface area contributed by atoms with Gasteiger partial charge in [0.15, 0.2) is 11.3 Å². The van der Waals surface area contributed by atoms with Crippen LogP contribution in [0.4, 0.5) is 5.69 Å². The molecule has 0 bridgehead atoms. The van der Waals surface area contributed by atoms with Crippen LogP contribution in [0.1, 0.15) is 54.9 Å². The number of rotatable bonds is 8. The van der Waals surface area contributed by atoms with Gasteiger partial charge in [0, 0.05) is 11.4 Å². The average Bonchev–Trinajstić information content (AvgIpc) is 3.18. The number of amides is 1. The molecule has 3 rings (SSSR count). The van der Waals surface area contributed by atoms with E-state index in [4.69, 9.17) is 4.74 Å². The molecule has 32 heavy (non-hydrogen) atoms. The van der Waals surface area contributed by atoms with Crippen LogP contribution in [-0.4, -0.2) is 39.0 Å². The van der Waals surface area contributed by atoms with E-state index in [2.05, 4.69) is 29.4 Å². The van der Waals surface area contributed by atoms with Gasteiger partial charge in [-0.2, -0.15) is 0 Å². The Morgan fingerprint density at radius 3 is 2.28 bits per heavy atom. The zero-order valence-corrected chi connectivity index (χ0v) is 19.8. The predicted octanol–water partition coefficient (Wildman–Crippen LogP) is 5.00. The van der Waals surface area contributed by atoms with E-state index < -0.39 is 12.1 Å². The summed E-state index contributed by atoms with van der Waals surface area (Å²) in [5, 5.41) is 11.8. The van der Waals surface area contributed by atoms with E-state index in [1.54, 1.807) is 19.1 Å². The van der Waals surface area contributed by atoms with Crippen molar-refractivity contribution in [3.05, 3.63) is 65.5 Å². The van der Waals surface area contributed by atoms with Crippen molar-refractivity contribution in [3.63, 3.8) is 0 Å². The second-order valence-electron chi connectivity index (χ2n) is 7.68. The zero-order chi connectivity index (χ0) is 23.3. The monoisotopic (exact) mass is 452 g/mol. The zero-order valence-electron chi connectivity index (χ0n) is 19.0. The van der Waals surface area contributed by atoms with Gasteiger partial charge in [-0.05, 0) is 67.5 Å². The number of hydrogen-bond donors (Lipinski definition) is 1. The Morgan fingerprint density at radius 2 is 1.72 bits per heavy atom. The number of nitrogens with one attached hydrogen (secondary N) is 1. The maximum absolute atomic E-state index is 12.6. The second-order valence-corrected chi connectivity index (χ2v) is 8.46. The lowest BCUT2D eigenvalue weighted by Gasteiger charge is -2.17. The Morgan fingerprint density at radius 1 is 1.06 bits per heavy atom. The summed E-state index contributed by atoms with van der Waals surface area (Å²) in [5.41, 5.74) is 3.09. The Bertz CT molecular complexity index is 1080. The normalized spacial score (nSPS) is 11.9. The van der Waals surface area contributed by atoms with Gasteiger partial charge in [0.25, 0.3) is 5.91 Å². The van der Waals surface area contributed by atoms with Crippen molar-refractivity contribution in [2.24, 2.45) is 0 Å². The standard InChI is InChI=1S/C24H28N4O3S/c1-6-21(22(29)25-19-11-7-17(8-12-19)15(2)3)31-23(30)18-9-13-20(14-10-18)28-16(4)26-27-24(28)32-5/h7-15,21H,6H2,1-5H3,(H,25,29). The van der Waals surface area contributed by atoms with Gasteiger partial charge >= 0.3 is 5.97 Å². The van der Waals surface area contributed by atoms with Gasteiger partial charge in [0.2, 0.25) is 0 Å². The first-order chi connectivity index (χ1) is 15.3. The summed E-state index contributed by atoms with van der Waals surface area (Å²) >= 11 is 1.49. The lowest BCUT2D eigenvalue weighted by molar-refractivity contribution is -0.124. The van der Waals surface area contributed by atoms with Gasteiger partial charge < -0.3 is 10.1 Å². The minimum absolute atomic E-state index is 0.348. The topological polar surface area (TPSA) is 86.1 Å². The molecule has 0 saturated heterocycles. The number of ether oxygens (including phenoxy) is 1. The van der Waals surface area contributed by atoms with E-state index in [0.29, 0.717) is 23.6 Å². The molecule has 0 aliphatic carbocycles. The summed E-state index contributed by atoms with van der Waals surface area (Å²) in [4.78, 5) is 25.3. The number of thioether (sulfide) groups is 1. The molecule has 0 fully saturated rings. The fourth-order valence-corrected chi connectivity index (χ4v) is 3.76. The van der Waals surface area contributed by atoms with Crippen LogP contribution in [0, 0.1) is 6.92 Å². The van der Waals surface area contributed by atoms with Crippen LogP contribution in [-0.2, 0) is 9.53 Å². The number of aryl methyl sites for hydroxylation is 1. The Balaban J connectivity index is 1.66. The van der Waals surface area contributed by atoms with Crippen LogP contribution in [0.25, 0.3) is 5.69 Å². The SMILES string of the molecule is CCC(OC(=O)c1ccc(-n2c(C)nnc2SC)cc1)C(=O)Nc1ccc(C(C)C)cc1. The number of aromatic nitrogens is 3. The third kappa shape index (κ3) is 5.37. The molecular formula is C24H28N4O3S. The number of anilines is 1. The number of benzene rings is 2. The van der Waals surface area contributed by atoms with E-state index >= 15 is 0 Å². The molecule has 3 aromatic rings. The first-order valence-electron chi connectivity index (χ1n) is 10.5. The number of carbonyl (C=O) groups is 2. The number of esters is 1. The van der Waals surface area contributed by atoms with E-state index in [1.165, 1.54) is 17.3 Å². The van der Waals surface area contributed by atoms with Crippen molar-refractivity contribution >= 4 is 29.3 Å². The minimum atomic E-state index is -0.880. The van der Waals surface area contributed by atoms with Crippen LogP contribution in [0.15, 0.2) is 53.7 Å². The highest BCUT2D eigenvalue weighted by Crippen LogP contribution is 2.21. The fraction of sp³-hybridized carbons (Fsp3) is 0.333. The minimum Gasteiger partial charge on any atom is -0.449 e. The fourth-order valence-electron chi connectivity index (χ4n) is 3.21. The van der Waals surface area contributed by atoms with E-state index in [0.717, 1.165) is 16.7 Å². The predicted molar refractivity (Wildman–Crippen MR) is 127 cm³/mol. The van der Waals surface area contributed by atoms with Crippen molar-refractivity contribution in [2.45, 2.75) is 51.3 Å². The number of hydrogen-bond acceptors (Lipinski definition) is 6. The average molecular weight is 453 g/mol. The number of nitrogens with zero attached hydrogens (tertiary/aromatic N) is 3. The molecule has 1 aromatic heterocycles. The first kappa shape index (κ1) is 23.5. The molecule has 1 heterocycles. The van der Waals surface area contributed by atoms with Crippen LogP contribution >= 0.6 is 11.8 Å². The van der Waals surface area contributed by atoms with Crippen molar-refractivity contribution in [3.8, 4) is 5.69 Å². The smallest absolute Gasteiger partial charge is 0.338 e. The summed E-state index contributed by atoms with van der Waals surface area (Å²) < 4.78 is 7.40. The molecule has 8 heteroatoms. The Labute approximate surface area is 192 Å². The molecule has 0 aliphatic rings. The lowest BCUT2D eigenvalue weighted by atomic mass is 10.0. The van der Waals surface area contributed by atoms with Gasteiger partial charge in [0.1, 0.15) is 5.82 Å². The van der Waals surface area contributed by atoms with Gasteiger partial charge in [-0.1, -0.05) is 44.7 Å². The van der Waals surface area contributed by atoms with Crippen molar-refractivity contribution in [1.29, 1.82) is 0 Å². The molecule has 0 saturated carbocycles. The third-order valence-electron chi connectivity index (χ3n) is 5.10. The summed E-state index contributed by atoms with van der Waals surface area (Å²) in [6.07, 6.45) is 1.42. The summed E-state index contributed by atoms with van der Waals surface area (Å²) in [7, 11) is 0. The van der Waals surface area contributed by atoms with Gasteiger partial charge in [-0.3, -0.25) is 9.36 Å². The number of carbonyl (C=O) groups excluding carboxylic acids is 2. The molecule has 0 radical (unpaired) electrons. The molecule has 0 spiro atoms. The summed E-state index contributed by atoms with van der Waals surface area (Å²) in [5.74, 6) is 0.282. The maximum Gasteiger partial charge on any atom is 0.338 e. The van der Waals surface area contributed by atoms with Crippen LogP contribution in [0.2, 0.25) is 0 Å². The highest BCUT2D eigenvalue weighted by Gasteiger charge is 2.22. The largest absolute Gasteiger partial charge is 0.449 e. The van der Waals surface area contributed by atoms with Crippen LogP contribution in [0.5, 0.6) is 0 Å². The molecule has 7 nitrogen and oxygen atoms in total. The lowest BCUT2D eigenvalue weighted by Crippen LogP contribution is -2.32. The van der Waals surface area contributed by atoms with Crippen molar-refractivity contribution in [1.82, 2.24) is 14.8 Å². The van der Waals surface area contributed by atoms with Crippen molar-refractivity contribution < 1.29 is 14.3 Å². The molecular weight excluding hydrogens is 424 g/mol. The Hall–Kier alpha value is -3.13. The Kier molecular flexibility index (Phi) is 7.69. The van der Waals surface area contributed by atoms with Crippen LogP contribution in [0.3, 0.4) is 0 Å². The van der Waals surface area contributed by atoms with Gasteiger partial charge in [-0.15, -0.1) is 10.2 Å². The molecule has 0 aliphatic heterocycles. The third-order valence-corrected chi connectivity index (χ3v) is 5.73. The van der Waals surface area contributed by atoms with Gasteiger partial charge in [0.05, 0.1) is 5.56 Å². The van der Waals surface area contributed by atoms with E-state index in [9.17, 15) is 9.59 Å². The highest BCUT2D eigenvalue weighted by molar-refractivity contribution is 7.98. The molecule has 1 atom stereocenters. The second kappa shape index (κ2) is 10.5. The molecule has 1 unspecified atom stereocenters. The highest BCUT2D eigenvalue weighted by atomic mass is 32.2. The summed E-state index contributed by atoms with van der Waals surface area (Å²) in [6.45, 7) is 7.90. The quantitative estimate of drug-likeness (QED) is 0.383. The molecule has 1 amide bonds. The van der Waals surface area contributed by atoms with Crippen LogP contribution < -0.4 is 5.32 Å². The molecule has 168 valence electrons. The molecule has 1 N–H and O–H groups in total.